The molecule has 0 aromatic heterocycles. The zero-order valence-electron chi connectivity index (χ0n) is 38.1. The lowest BCUT2D eigenvalue weighted by Crippen LogP contribution is -2.45. The van der Waals surface area contributed by atoms with Crippen molar-refractivity contribution in [2.24, 2.45) is 0 Å². The Kier molecular flexibility index (Phi) is 45.7. The number of aliphatic hydroxyl groups excluding tert-OH is 2. The van der Waals surface area contributed by atoms with Crippen molar-refractivity contribution >= 4 is 11.9 Å². The maximum atomic E-state index is 12.4. The molecule has 0 saturated carbocycles. The number of aliphatic hydroxyl groups is 2. The molecular formula is C51H97NO5. The summed E-state index contributed by atoms with van der Waals surface area (Å²) in [5.74, 6) is -0.0846. The smallest absolute Gasteiger partial charge is 0.305 e. The van der Waals surface area contributed by atoms with Gasteiger partial charge in [0.2, 0.25) is 5.91 Å². The topological polar surface area (TPSA) is 95.9 Å². The van der Waals surface area contributed by atoms with Gasteiger partial charge in [-0.1, -0.05) is 218 Å². The fraction of sp³-hybridized carbons (Fsp3) is 0.882. The number of allylic oxidation sites excluding steroid dienone is 3. The summed E-state index contributed by atoms with van der Waals surface area (Å²) in [5, 5.41) is 22.9. The number of carbonyl (C=O) groups excluding carboxylic acids is 2. The lowest BCUT2D eigenvalue weighted by Gasteiger charge is -2.20. The van der Waals surface area contributed by atoms with Gasteiger partial charge in [0.15, 0.2) is 0 Å². The van der Waals surface area contributed by atoms with Crippen LogP contribution in [0.25, 0.3) is 0 Å². The van der Waals surface area contributed by atoms with Crippen molar-refractivity contribution in [2.75, 3.05) is 13.2 Å². The van der Waals surface area contributed by atoms with Gasteiger partial charge in [-0.25, -0.2) is 0 Å². The van der Waals surface area contributed by atoms with E-state index in [1.165, 1.54) is 193 Å². The molecule has 2 atom stereocenters. The van der Waals surface area contributed by atoms with Gasteiger partial charge in [0.1, 0.15) is 0 Å². The van der Waals surface area contributed by atoms with Gasteiger partial charge in [0.05, 0.1) is 25.4 Å². The Morgan fingerprint density at radius 3 is 1.25 bits per heavy atom. The molecule has 0 fully saturated rings. The molecular weight excluding hydrogens is 707 g/mol. The number of hydrogen-bond acceptors (Lipinski definition) is 5. The third-order valence-corrected chi connectivity index (χ3v) is 11.5. The molecule has 2 unspecified atom stereocenters. The molecule has 0 heterocycles. The van der Waals surface area contributed by atoms with Crippen molar-refractivity contribution in [1.82, 2.24) is 5.32 Å². The molecule has 0 aliphatic heterocycles. The normalized spacial score (nSPS) is 12.8. The summed E-state index contributed by atoms with van der Waals surface area (Å²) >= 11 is 0. The number of unbranched alkanes of at least 4 members (excludes halogenated alkanes) is 33. The van der Waals surface area contributed by atoms with Crippen LogP contribution in [0.3, 0.4) is 0 Å². The zero-order chi connectivity index (χ0) is 41.5. The van der Waals surface area contributed by atoms with Crippen LogP contribution in [0.2, 0.25) is 0 Å². The van der Waals surface area contributed by atoms with Crippen LogP contribution < -0.4 is 5.32 Å². The second-order valence-corrected chi connectivity index (χ2v) is 17.1. The molecule has 0 aliphatic carbocycles. The average Bonchev–Trinajstić information content (AvgIpc) is 3.21. The second kappa shape index (κ2) is 47.0. The highest BCUT2D eigenvalue weighted by molar-refractivity contribution is 5.76. The van der Waals surface area contributed by atoms with Crippen LogP contribution in [0.5, 0.6) is 0 Å². The van der Waals surface area contributed by atoms with E-state index in [4.69, 9.17) is 4.74 Å². The lowest BCUT2D eigenvalue weighted by atomic mass is 10.0. The van der Waals surface area contributed by atoms with E-state index in [1.807, 2.05) is 6.08 Å². The fourth-order valence-electron chi connectivity index (χ4n) is 7.57. The Morgan fingerprint density at radius 2 is 0.825 bits per heavy atom. The van der Waals surface area contributed by atoms with Crippen LogP contribution in [0.4, 0.5) is 0 Å². The molecule has 3 N–H and O–H groups in total. The number of carbonyl (C=O) groups is 2. The molecule has 0 aromatic rings. The average molecular weight is 804 g/mol. The fourth-order valence-corrected chi connectivity index (χ4v) is 7.57. The van der Waals surface area contributed by atoms with Crippen LogP contribution in [-0.4, -0.2) is 47.4 Å². The standard InChI is InChI=1S/C51H97NO5/c1-3-5-7-9-11-13-14-15-18-22-25-29-33-37-41-45-51(56)57-46-42-38-34-30-26-23-20-17-16-19-21-24-28-32-36-40-44-50(55)52-48(47-53)49(54)43-39-35-31-27-12-10-8-6-4-2/h15,18,39,43,48-49,53-54H,3-14,16-17,19-38,40-42,44-47H2,1-2H3,(H,52,55)/b18-15-,43-39+. The minimum Gasteiger partial charge on any atom is -0.466 e. The van der Waals surface area contributed by atoms with Gasteiger partial charge in [-0.15, -0.1) is 0 Å². The Bertz CT molecular complexity index is 889. The highest BCUT2D eigenvalue weighted by Crippen LogP contribution is 2.15. The summed E-state index contributed by atoms with van der Waals surface area (Å²) < 4.78 is 5.46. The maximum Gasteiger partial charge on any atom is 0.305 e. The van der Waals surface area contributed by atoms with E-state index in [-0.39, 0.29) is 18.5 Å². The summed E-state index contributed by atoms with van der Waals surface area (Å²) in [7, 11) is 0. The molecule has 6 nitrogen and oxygen atoms in total. The first-order chi connectivity index (χ1) is 28.0. The summed E-state index contributed by atoms with van der Waals surface area (Å²) in [6.07, 6.45) is 54.7. The molecule has 1 amide bonds. The van der Waals surface area contributed by atoms with Gasteiger partial charge < -0.3 is 20.3 Å². The third-order valence-electron chi connectivity index (χ3n) is 11.5. The van der Waals surface area contributed by atoms with Crippen LogP contribution in [0.15, 0.2) is 24.3 Å². The second-order valence-electron chi connectivity index (χ2n) is 17.1. The summed E-state index contributed by atoms with van der Waals surface area (Å²) in [6, 6.07) is -0.630. The molecule has 0 bridgehead atoms. The van der Waals surface area contributed by atoms with E-state index in [2.05, 4.69) is 31.3 Å². The molecule has 0 radical (unpaired) electrons. The van der Waals surface area contributed by atoms with E-state index in [9.17, 15) is 19.8 Å². The van der Waals surface area contributed by atoms with Crippen molar-refractivity contribution in [1.29, 1.82) is 0 Å². The van der Waals surface area contributed by atoms with Gasteiger partial charge in [0.25, 0.3) is 0 Å². The molecule has 0 aromatic carbocycles. The highest BCUT2D eigenvalue weighted by atomic mass is 16.5. The molecule has 0 rings (SSSR count). The molecule has 336 valence electrons. The zero-order valence-corrected chi connectivity index (χ0v) is 38.1. The lowest BCUT2D eigenvalue weighted by molar-refractivity contribution is -0.143. The predicted molar refractivity (Wildman–Crippen MR) is 246 cm³/mol. The van der Waals surface area contributed by atoms with Gasteiger partial charge in [-0.05, 0) is 57.8 Å². The van der Waals surface area contributed by atoms with Crippen molar-refractivity contribution in [2.45, 2.75) is 276 Å². The Hall–Kier alpha value is -1.66. The molecule has 0 spiro atoms. The number of hydrogen-bond donors (Lipinski definition) is 3. The van der Waals surface area contributed by atoms with Gasteiger partial charge in [-0.3, -0.25) is 9.59 Å². The largest absolute Gasteiger partial charge is 0.466 e. The number of esters is 1. The quantitative estimate of drug-likeness (QED) is 0.0324. The number of ether oxygens (including phenoxy) is 1. The Labute approximate surface area is 354 Å². The summed E-state index contributed by atoms with van der Waals surface area (Å²) in [4.78, 5) is 24.4. The van der Waals surface area contributed by atoms with Crippen LogP contribution >= 0.6 is 0 Å². The van der Waals surface area contributed by atoms with Crippen molar-refractivity contribution < 1.29 is 24.5 Å². The highest BCUT2D eigenvalue weighted by Gasteiger charge is 2.18. The number of nitrogens with one attached hydrogen (secondary N) is 1. The summed E-state index contributed by atoms with van der Waals surface area (Å²) in [5.41, 5.74) is 0. The molecule has 0 aliphatic rings. The van der Waals surface area contributed by atoms with Crippen LogP contribution in [-0.2, 0) is 14.3 Å². The van der Waals surface area contributed by atoms with Crippen LogP contribution in [0, 0.1) is 0 Å². The SMILES string of the molecule is CCCCCCCC/C=C\CCCCCCCC(=O)OCCCCCCCCCCCCCCCCCCC(=O)NC(CO)C(O)/C=C/CCCCCCCCC. The molecule has 6 heteroatoms. The van der Waals surface area contributed by atoms with E-state index in [0.29, 0.717) is 19.4 Å². The predicted octanol–water partition coefficient (Wildman–Crippen LogP) is 14.7. The van der Waals surface area contributed by atoms with Crippen molar-refractivity contribution in [3.63, 3.8) is 0 Å². The van der Waals surface area contributed by atoms with Gasteiger partial charge in [0, 0.05) is 12.8 Å². The Morgan fingerprint density at radius 1 is 0.474 bits per heavy atom. The van der Waals surface area contributed by atoms with Gasteiger partial charge >= 0.3 is 5.97 Å². The monoisotopic (exact) mass is 804 g/mol. The van der Waals surface area contributed by atoms with E-state index >= 15 is 0 Å². The maximum absolute atomic E-state index is 12.4. The molecule has 0 saturated heterocycles. The number of rotatable bonds is 46. The van der Waals surface area contributed by atoms with Crippen molar-refractivity contribution in [3.05, 3.63) is 24.3 Å². The first-order valence-corrected chi connectivity index (χ1v) is 25.1. The van der Waals surface area contributed by atoms with Gasteiger partial charge in [-0.2, -0.15) is 0 Å². The Balaban J connectivity index is 3.42. The van der Waals surface area contributed by atoms with Crippen molar-refractivity contribution in [3.8, 4) is 0 Å². The minimum absolute atomic E-state index is 0.00649. The van der Waals surface area contributed by atoms with E-state index in [0.717, 1.165) is 44.9 Å². The first kappa shape index (κ1) is 55.3. The third kappa shape index (κ3) is 43.7. The van der Waals surface area contributed by atoms with E-state index < -0.39 is 12.1 Å². The number of amides is 1. The minimum atomic E-state index is -0.846. The van der Waals surface area contributed by atoms with E-state index in [1.54, 1.807) is 6.08 Å². The van der Waals surface area contributed by atoms with Crippen LogP contribution in [0.1, 0.15) is 264 Å². The molecule has 57 heavy (non-hydrogen) atoms. The first-order valence-electron chi connectivity index (χ1n) is 25.1. The summed E-state index contributed by atoms with van der Waals surface area (Å²) in [6.45, 7) is 4.85.